The first kappa shape index (κ1) is 44.7. The molecule has 1 heterocycles. The summed E-state index contributed by atoms with van der Waals surface area (Å²) < 4.78 is 6.06. The molecule has 0 radical (unpaired) electrons. The normalized spacial score (nSPS) is 13.9. The third-order valence-corrected chi connectivity index (χ3v) is 16.4. The highest BCUT2D eigenvalue weighted by Gasteiger charge is 2.37. The Morgan fingerprint density at radius 1 is 0.426 bits per heavy atom. The van der Waals surface area contributed by atoms with Crippen molar-refractivity contribution in [3.05, 3.63) is 240 Å². The van der Waals surface area contributed by atoms with Crippen LogP contribution >= 0.6 is 54.5 Å². The van der Waals surface area contributed by atoms with E-state index in [0.29, 0.717) is 0 Å². The summed E-state index contributed by atoms with van der Waals surface area (Å²) in [7, 11) is 0. The van der Waals surface area contributed by atoms with E-state index in [2.05, 4.69) is 281 Å². The minimum absolute atomic E-state index is 0. The third kappa shape index (κ3) is 7.12. The van der Waals surface area contributed by atoms with Crippen LogP contribution in [0.1, 0.15) is 68.5 Å². The van der Waals surface area contributed by atoms with Gasteiger partial charge < -0.3 is 4.57 Å². The van der Waals surface area contributed by atoms with Crippen molar-refractivity contribution in [2.24, 2.45) is 0 Å². The molecular weight excluding hydrogens is 1070 g/mol. The van der Waals surface area contributed by atoms with Crippen molar-refractivity contribution < 1.29 is 0 Å². The van der Waals surface area contributed by atoms with E-state index in [9.17, 15) is 0 Å². The Kier molecular flexibility index (Phi) is 11.2. The van der Waals surface area contributed by atoms with E-state index in [0.717, 1.165) is 15.4 Å². The highest BCUT2D eigenvalue weighted by Crippen LogP contribution is 2.52. The number of fused-ring (bicyclic) bond motifs is 16. The Morgan fingerprint density at radius 3 is 1.62 bits per heavy atom. The maximum absolute atomic E-state index is 3.68. The lowest BCUT2D eigenvalue weighted by Gasteiger charge is -2.22. The second-order valence-corrected chi connectivity index (χ2v) is 22.3. The van der Waals surface area contributed by atoms with Crippen molar-refractivity contribution in [3.63, 3.8) is 0 Å². The third-order valence-electron chi connectivity index (χ3n) is 14.8. The van der Waals surface area contributed by atoms with Crippen molar-refractivity contribution in [3.8, 4) is 39.1 Å². The molecule has 332 valence electrons. The molecule has 3 aliphatic rings. The number of para-hydroxylation sites is 1. The van der Waals surface area contributed by atoms with Crippen molar-refractivity contribution in [2.75, 3.05) is 0 Å². The highest BCUT2D eigenvalue weighted by atomic mass is 127. The first-order chi connectivity index (χ1) is 32.5. The van der Waals surface area contributed by atoms with Gasteiger partial charge in [0.2, 0.25) is 0 Å². The molecule has 0 spiro atoms. The maximum atomic E-state index is 3.68. The van der Waals surface area contributed by atoms with Gasteiger partial charge in [0.25, 0.3) is 0 Å². The van der Waals surface area contributed by atoms with Crippen LogP contribution in [0.4, 0.5) is 0 Å². The fraction of sp³-hybridized carbons (Fsp3) is 0.125. The van der Waals surface area contributed by atoms with Crippen LogP contribution in [0.2, 0.25) is 0 Å². The Bertz CT molecular complexity index is 3780. The molecule has 4 heteroatoms. The standard InChI is InChI=1S/C31H22BrN.C17H12.C15H12BrI.CH4/c1-31(2)27-17-20(32)12-15-23(27)24-16-13-21(18-28(24)31)33-29-10-6-5-9-25(29)26-14-11-19-7-3-4-8-22(19)30(26)33;1-3-7-14-12(5-1)9-10-16-15-8-4-2-6-13(15)11-17(14)16;1-15(2)13-7-9(16)3-5-11(13)12-6-4-10(17)8-14(12)15;/h3-18H,1-2H3;1-10H,11H2;3-8H,1-2H3;1H4. The summed E-state index contributed by atoms with van der Waals surface area (Å²) in [5.41, 5.74) is 20.7. The second kappa shape index (κ2) is 17.0. The summed E-state index contributed by atoms with van der Waals surface area (Å²) in [6, 6.07) is 71.0. The zero-order chi connectivity index (χ0) is 45.8. The van der Waals surface area contributed by atoms with E-state index in [-0.39, 0.29) is 18.3 Å². The largest absolute Gasteiger partial charge is 0.309 e. The maximum Gasteiger partial charge on any atom is 0.0619 e. The summed E-state index contributed by atoms with van der Waals surface area (Å²) in [5, 5.41) is 7.91. The predicted octanol–water partition coefficient (Wildman–Crippen LogP) is 19.4. The van der Waals surface area contributed by atoms with Crippen molar-refractivity contribution in [1.29, 1.82) is 0 Å². The summed E-state index contributed by atoms with van der Waals surface area (Å²) in [6.07, 6.45) is 1.08. The molecule has 0 saturated heterocycles. The summed E-state index contributed by atoms with van der Waals surface area (Å²) in [5.74, 6) is 0. The summed E-state index contributed by atoms with van der Waals surface area (Å²) in [6.45, 7) is 9.30. The summed E-state index contributed by atoms with van der Waals surface area (Å²) in [4.78, 5) is 0. The average molecular weight is 1120 g/mol. The molecule has 0 bridgehead atoms. The van der Waals surface area contributed by atoms with Crippen molar-refractivity contribution in [1.82, 2.24) is 4.57 Å². The summed E-state index contributed by atoms with van der Waals surface area (Å²) >= 11 is 9.64. The fourth-order valence-corrected chi connectivity index (χ4v) is 12.6. The average Bonchev–Trinajstić information content (AvgIpc) is 4.03. The lowest BCUT2D eigenvalue weighted by molar-refractivity contribution is 0.659. The molecule has 0 atom stereocenters. The van der Waals surface area contributed by atoms with Gasteiger partial charge in [0.1, 0.15) is 0 Å². The number of aromatic nitrogens is 1. The second-order valence-electron chi connectivity index (χ2n) is 19.2. The van der Waals surface area contributed by atoms with Crippen LogP contribution in [0.5, 0.6) is 0 Å². The number of benzene rings is 10. The Labute approximate surface area is 430 Å². The lowest BCUT2D eigenvalue weighted by Crippen LogP contribution is -2.15. The number of hydrogen-bond donors (Lipinski definition) is 0. The van der Waals surface area contributed by atoms with Gasteiger partial charge in [0, 0.05) is 45.2 Å². The van der Waals surface area contributed by atoms with Crippen LogP contribution in [-0.2, 0) is 17.3 Å². The minimum atomic E-state index is -0.0503. The van der Waals surface area contributed by atoms with Gasteiger partial charge in [-0.3, -0.25) is 0 Å². The van der Waals surface area contributed by atoms with Gasteiger partial charge in [-0.2, -0.15) is 0 Å². The molecule has 14 rings (SSSR count). The molecule has 0 unspecified atom stereocenters. The van der Waals surface area contributed by atoms with E-state index in [1.807, 2.05) is 0 Å². The molecule has 11 aromatic rings. The predicted molar refractivity (Wildman–Crippen MR) is 307 cm³/mol. The zero-order valence-corrected chi connectivity index (χ0v) is 43.1. The quantitative estimate of drug-likeness (QED) is 0.144. The Morgan fingerprint density at radius 2 is 0.926 bits per heavy atom. The van der Waals surface area contributed by atoms with Crippen LogP contribution in [0.15, 0.2) is 203 Å². The lowest BCUT2D eigenvalue weighted by atomic mass is 9.82. The number of nitrogens with zero attached hydrogens (tertiary/aromatic N) is 1. The number of rotatable bonds is 1. The van der Waals surface area contributed by atoms with Gasteiger partial charge in [0.15, 0.2) is 0 Å². The molecule has 3 aliphatic carbocycles. The van der Waals surface area contributed by atoms with Crippen LogP contribution < -0.4 is 0 Å². The molecule has 10 aromatic carbocycles. The van der Waals surface area contributed by atoms with Gasteiger partial charge in [0.05, 0.1) is 11.0 Å². The monoisotopic (exact) mass is 1120 g/mol. The van der Waals surface area contributed by atoms with E-state index >= 15 is 0 Å². The number of hydrogen-bond acceptors (Lipinski definition) is 0. The van der Waals surface area contributed by atoms with Gasteiger partial charge in [-0.1, -0.05) is 207 Å². The van der Waals surface area contributed by atoms with Gasteiger partial charge in [-0.25, -0.2) is 0 Å². The Balaban J connectivity index is 0.000000122. The smallest absolute Gasteiger partial charge is 0.0619 e. The molecule has 1 aromatic heterocycles. The van der Waals surface area contributed by atoms with E-state index < -0.39 is 0 Å². The Hall–Kier alpha value is -5.79. The molecule has 68 heavy (non-hydrogen) atoms. The molecule has 0 saturated carbocycles. The molecule has 0 fully saturated rings. The van der Waals surface area contributed by atoms with Crippen LogP contribution in [0.3, 0.4) is 0 Å². The first-order valence-electron chi connectivity index (χ1n) is 23.0. The van der Waals surface area contributed by atoms with E-state index in [1.165, 1.54) is 119 Å². The SMILES string of the molecule is C.CC1(C)c2cc(Br)ccc2-c2ccc(-n3c4ccccc4c4ccc5ccccc5c43)cc21.CC1(C)c2cc(Br)ccc2-c2ccc(I)cc21.c1ccc2c(c1)Cc1c-2ccc2ccccc12. The van der Waals surface area contributed by atoms with Gasteiger partial charge in [-0.05, 0) is 167 Å². The van der Waals surface area contributed by atoms with E-state index in [1.54, 1.807) is 0 Å². The van der Waals surface area contributed by atoms with Gasteiger partial charge in [-0.15, -0.1) is 0 Å². The molecule has 0 N–H and O–H groups in total. The van der Waals surface area contributed by atoms with Gasteiger partial charge >= 0.3 is 0 Å². The molecule has 0 amide bonds. The molecular formula is C64H50Br2IN. The molecule has 1 nitrogen and oxygen atoms in total. The fourth-order valence-electron chi connectivity index (χ4n) is 11.4. The highest BCUT2D eigenvalue weighted by molar-refractivity contribution is 14.1. The zero-order valence-electron chi connectivity index (χ0n) is 37.8. The van der Waals surface area contributed by atoms with E-state index in [4.69, 9.17) is 0 Å². The van der Waals surface area contributed by atoms with Crippen molar-refractivity contribution in [2.45, 2.75) is 52.4 Å². The first-order valence-corrected chi connectivity index (χ1v) is 25.7. The van der Waals surface area contributed by atoms with Crippen molar-refractivity contribution >= 4 is 97.8 Å². The van der Waals surface area contributed by atoms with Crippen LogP contribution in [-0.4, -0.2) is 4.57 Å². The van der Waals surface area contributed by atoms with Crippen LogP contribution in [0.25, 0.3) is 82.4 Å². The van der Waals surface area contributed by atoms with Crippen LogP contribution in [0, 0.1) is 3.57 Å². The number of halogens is 3. The minimum Gasteiger partial charge on any atom is -0.309 e. The molecule has 0 aliphatic heterocycles. The topological polar surface area (TPSA) is 4.93 Å².